The quantitative estimate of drug-likeness (QED) is 0.771. The molecule has 0 aliphatic heterocycles. The molecule has 0 aliphatic rings. The van der Waals surface area contributed by atoms with E-state index < -0.39 is 17.9 Å². The zero-order valence-corrected chi connectivity index (χ0v) is 10.8. The van der Waals surface area contributed by atoms with Gasteiger partial charge >= 0.3 is 6.03 Å². The van der Waals surface area contributed by atoms with Gasteiger partial charge in [0.05, 0.1) is 17.7 Å². The SMILES string of the molecule is CCCNC(=O)NC(CO)c1ccc(Cl)c(F)c1. The second-order valence-electron chi connectivity index (χ2n) is 3.81. The van der Waals surface area contributed by atoms with Crippen LogP contribution in [0.2, 0.25) is 5.02 Å². The van der Waals surface area contributed by atoms with Gasteiger partial charge < -0.3 is 15.7 Å². The number of urea groups is 1. The third-order valence-electron chi connectivity index (χ3n) is 2.37. The fourth-order valence-corrected chi connectivity index (χ4v) is 1.53. The second-order valence-corrected chi connectivity index (χ2v) is 4.22. The maximum atomic E-state index is 13.3. The molecule has 4 nitrogen and oxygen atoms in total. The molecule has 0 fully saturated rings. The maximum absolute atomic E-state index is 13.3. The predicted molar refractivity (Wildman–Crippen MR) is 68.1 cm³/mol. The van der Waals surface area contributed by atoms with Crippen molar-refractivity contribution in [3.05, 3.63) is 34.6 Å². The number of carbonyl (C=O) groups excluding carboxylic acids is 1. The number of amides is 2. The van der Waals surface area contributed by atoms with Crippen molar-refractivity contribution < 1.29 is 14.3 Å². The zero-order chi connectivity index (χ0) is 13.5. The fraction of sp³-hybridized carbons (Fsp3) is 0.417. The van der Waals surface area contributed by atoms with Gasteiger partial charge in [-0.2, -0.15) is 0 Å². The minimum Gasteiger partial charge on any atom is -0.394 e. The number of aliphatic hydroxyl groups is 1. The Morgan fingerprint density at radius 1 is 1.56 bits per heavy atom. The first-order chi connectivity index (χ1) is 8.58. The first kappa shape index (κ1) is 14.7. The Kier molecular flexibility index (Phi) is 5.88. The summed E-state index contributed by atoms with van der Waals surface area (Å²) in [6, 6.07) is 3.09. The van der Waals surface area contributed by atoms with Crippen molar-refractivity contribution in [1.82, 2.24) is 10.6 Å². The van der Waals surface area contributed by atoms with Crippen LogP contribution in [0.25, 0.3) is 0 Å². The smallest absolute Gasteiger partial charge is 0.315 e. The number of halogens is 2. The third-order valence-corrected chi connectivity index (χ3v) is 2.68. The molecular weight excluding hydrogens is 259 g/mol. The molecule has 0 spiro atoms. The molecule has 0 aliphatic carbocycles. The van der Waals surface area contributed by atoms with Crippen LogP contribution in [-0.4, -0.2) is 24.3 Å². The summed E-state index contributed by atoms with van der Waals surface area (Å²) in [6.07, 6.45) is 0.812. The van der Waals surface area contributed by atoms with Crippen LogP contribution in [-0.2, 0) is 0 Å². The normalized spacial score (nSPS) is 12.0. The molecule has 0 aromatic heterocycles. The van der Waals surface area contributed by atoms with Gasteiger partial charge in [-0.05, 0) is 24.1 Å². The Labute approximate surface area is 110 Å². The number of nitrogens with one attached hydrogen (secondary N) is 2. The number of aliphatic hydroxyl groups excluding tert-OH is 1. The lowest BCUT2D eigenvalue weighted by Gasteiger charge is -2.17. The summed E-state index contributed by atoms with van der Waals surface area (Å²) in [5.41, 5.74) is 0.464. The highest BCUT2D eigenvalue weighted by Gasteiger charge is 2.14. The van der Waals surface area contributed by atoms with Gasteiger partial charge in [0.2, 0.25) is 0 Å². The maximum Gasteiger partial charge on any atom is 0.315 e. The Hall–Kier alpha value is -1.33. The van der Waals surface area contributed by atoms with Gasteiger partial charge in [-0.3, -0.25) is 0 Å². The summed E-state index contributed by atoms with van der Waals surface area (Å²) in [6.45, 7) is 2.15. The van der Waals surface area contributed by atoms with E-state index in [-0.39, 0.29) is 11.6 Å². The molecule has 1 aromatic rings. The summed E-state index contributed by atoms with van der Waals surface area (Å²) in [5.74, 6) is -0.580. The van der Waals surface area contributed by atoms with Crippen molar-refractivity contribution in [2.75, 3.05) is 13.2 Å². The van der Waals surface area contributed by atoms with Crippen molar-refractivity contribution in [3.63, 3.8) is 0 Å². The number of benzene rings is 1. The molecule has 6 heteroatoms. The van der Waals surface area contributed by atoms with E-state index in [9.17, 15) is 14.3 Å². The molecule has 0 saturated heterocycles. The third kappa shape index (κ3) is 4.16. The van der Waals surface area contributed by atoms with Gasteiger partial charge in [-0.1, -0.05) is 24.6 Å². The lowest BCUT2D eigenvalue weighted by Crippen LogP contribution is -2.39. The van der Waals surface area contributed by atoms with Crippen LogP contribution in [0.4, 0.5) is 9.18 Å². The van der Waals surface area contributed by atoms with Crippen LogP contribution < -0.4 is 10.6 Å². The van der Waals surface area contributed by atoms with Crippen molar-refractivity contribution in [2.45, 2.75) is 19.4 Å². The lowest BCUT2D eigenvalue weighted by atomic mass is 10.1. The molecular formula is C12H16ClFN2O2. The van der Waals surface area contributed by atoms with E-state index in [0.717, 1.165) is 6.42 Å². The largest absolute Gasteiger partial charge is 0.394 e. The van der Waals surface area contributed by atoms with E-state index in [4.69, 9.17) is 11.6 Å². The Bertz CT molecular complexity index is 415. The molecule has 3 N–H and O–H groups in total. The highest BCUT2D eigenvalue weighted by molar-refractivity contribution is 6.30. The van der Waals surface area contributed by atoms with Crippen LogP contribution in [0, 0.1) is 5.82 Å². The molecule has 1 rings (SSSR count). The number of carbonyl (C=O) groups is 1. The number of hydrogen-bond donors (Lipinski definition) is 3. The molecule has 0 saturated carbocycles. The van der Waals surface area contributed by atoms with E-state index in [1.54, 1.807) is 6.07 Å². The second kappa shape index (κ2) is 7.18. The molecule has 1 unspecified atom stereocenters. The van der Waals surface area contributed by atoms with Crippen LogP contribution in [0.3, 0.4) is 0 Å². The average Bonchev–Trinajstić information content (AvgIpc) is 2.37. The highest BCUT2D eigenvalue weighted by atomic mass is 35.5. The molecule has 2 amide bonds. The summed E-state index contributed by atoms with van der Waals surface area (Å²) >= 11 is 5.57. The standard InChI is InChI=1S/C12H16ClFN2O2/c1-2-5-15-12(18)16-11(7-17)8-3-4-9(13)10(14)6-8/h3-4,6,11,17H,2,5,7H2,1H3,(H2,15,16,18). The zero-order valence-electron chi connectivity index (χ0n) is 10.0. The predicted octanol–water partition coefficient (Wildman–Crippen LogP) is 2.22. The van der Waals surface area contributed by atoms with E-state index in [1.807, 2.05) is 6.92 Å². The van der Waals surface area contributed by atoms with Crippen LogP contribution in [0.1, 0.15) is 24.9 Å². The van der Waals surface area contributed by atoms with Crippen LogP contribution >= 0.6 is 11.6 Å². The summed E-state index contributed by atoms with van der Waals surface area (Å²) in [7, 11) is 0. The van der Waals surface area contributed by atoms with Gasteiger partial charge in [0.1, 0.15) is 5.82 Å². The highest BCUT2D eigenvalue weighted by Crippen LogP contribution is 2.20. The number of rotatable bonds is 5. The van der Waals surface area contributed by atoms with Gasteiger partial charge in [0.15, 0.2) is 0 Å². The monoisotopic (exact) mass is 274 g/mol. The molecule has 0 heterocycles. The van der Waals surface area contributed by atoms with Gasteiger partial charge in [0.25, 0.3) is 0 Å². The molecule has 1 aromatic carbocycles. The van der Waals surface area contributed by atoms with E-state index in [1.165, 1.54) is 12.1 Å². The minimum atomic E-state index is -0.659. The average molecular weight is 275 g/mol. The summed E-state index contributed by atoms with van der Waals surface area (Å²) in [5, 5.41) is 14.4. The van der Waals surface area contributed by atoms with Crippen molar-refractivity contribution in [2.24, 2.45) is 0 Å². The number of hydrogen-bond acceptors (Lipinski definition) is 2. The van der Waals surface area contributed by atoms with E-state index in [0.29, 0.717) is 12.1 Å². The fourth-order valence-electron chi connectivity index (χ4n) is 1.41. The Morgan fingerprint density at radius 2 is 2.28 bits per heavy atom. The van der Waals surface area contributed by atoms with Crippen molar-refractivity contribution >= 4 is 17.6 Å². The van der Waals surface area contributed by atoms with Gasteiger partial charge in [-0.15, -0.1) is 0 Å². The molecule has 100 valence electrons. The molecule has 0 radical (unpaired) electrons. The van der Waals surface area contributed by atoms with Gasteiger partial charge in [-0.25, -0.2) is 9.18 Å². The molecule has 1 atom stereocenters. The first-order valence-corrected chi connectivity index (χ1v) is 6.06. The van der Waals surface area contributed by atoms with Crippen LogP contribution in [0.15, 0.2) is 18.2 Å². The van der Waals surface area contributed by atoms with Gasteiger partial charge in [0, 0.05) is 6.54 Å². The van der Waals surface area contributed by atoms with E-state index >= 15 is 0 Å². The molecule has 0 bridgehead atoms. The van der Waals surface area contributed by atoms with E-state index in [2.05, 4.69) is 10.6 Å². The first-order valence-electron chi connectivity index (χ1n) is 5.68. The lowest BCUT2D eigenvalue weighted by molar-refractivity contribution is 0.217. The summed E-state index contributed by atoms with van der Waals surface area (Å²) < 4.78 is 13.3. The Morgan fingerprint density at radius 3 is 2.83 bits per heavy atom. The Balaban J connectivity index is 2.70. The summed E-state index contributed by atoms with van der Waals surface area (Å²) in [4.78, 5) is 11.4. The van der Waals surface area contributed by atoms with Crippen molar-refractivity contribution in [1.29, 1.82) is 0 Å². The minimum absolute atomic E-state index is 0.00544. The topological polar surface area (TPSA) is 61.4 Å². The van der Waals surface area contributed by atoms with Crippen LogP contribution in [0.5, 0.6) is 0 Å². The molecule has 18 heavy (non-hydrogen) atoms. The van der Waals surface area contributed by atoms with Crippen molar-refractivity contribution in [3.8, 4) is 0 Å².